The third-order valence-electron chi connectivity index (χ3n) is 5.44. The number of hydrogen-bond donors (Lipinski definition) is 0. The van der Waals surface area contributed by atoms with Crippen molar-refractivity contribution in [2.24, 2.45) is 0 Å². The van der Waals surface area contributed by atoms with Gasteiger partial charge < -0.3 is 4.74 Å². The van der Waals surface area contributed by atoms with Crippen LogP contribution in [0.4, 0.5) is 0 Å². The number of hydrogen-bond acceptors (Lipinski definition) is 5. The normalized spacial score (nSPS) is 16.1. The summed E-state index contributed by atoms with van der Waals surface area (Å²) in [6.45, 7) is 2.07. The van der Waals surface area contributed by atoms with Gasteiger partial charge in [-0.25, -0.2) is 9.50 Å². The maximum absolute atomic E-state index is 12.8. The highest BCUT2D eigenvalue weighted by atomic mass is 16.5. The number of methoxy groups -OCH3 is 1. The molecule has 0 N–H and O–H groups in total. The number of nitrogens with zero attached hydrogens (tertiary/aromatic N) is 4. The molecule has 2 heterocycles. The van der Waals surface area contributed by atoms with E-state index in [9.17, 15) is 4.79 Å². The van der Waals surface area contributed by atoms with Crippen LogP contribution in [0.2, 0.25) is 0 Å². The van der Waals surface area contributed by atoms with E-state index in [1.165, 1.54) is 11.1 Å². The smallest absolute Gasteiger partial charge is 0.252 e. The van der Waals surface area contributed by atoms with E-state index in [-0.39, 0.29) is 11.7 Å². The monoisotopic (exact) mass is 384 g/mol. The van der Waals surface area contributed by atoms with Crippen LogP contribution in [0.5, 0.6) is 5.75 Å². The van der Waals surface area contributed by atoms with E-state index in [1.807, 2.05) is 30.3 Å². The molecule has 0 amide bonds. The summed E-state index contributed by atoms with van der Waals surface area (Å²) in [6, 6.07) is 15.9. The van der Waals surface area contributed by atoms with Crippen molar-refractivity contribution in [1.29, 1.82) is 0 Å². The summed E-state index contributed by atoms with van der Waals surface area (Å²) >= 11 is 0. The van der Waals surface area contributed by atoms with Gasteiger partial charge in [-0.15, -0.1) is 5.10 Å². The van der Waals surface area contributed by atoms with Crippen LogP contribution in [0.1, 0.15) is 39.5 Å². The Kier molecular flexibility index (Phi) is 4.12. The summed E-state index contributed by atoms with van der Waals surface area (Å²) in [4.78, 5) is 22.1. The number of carbonyl (C=O) groups is 1. The predicted octanol–water partition coefficient (Wildman–Crippen LogP) is 4.02. The molecule has 29 heavy (non-hydrogen) atoms. The molecule has 0 unspecified atom stereocenters. The summed E-state index contributed by atoms with van der Waals surface area (Å²) in [5.74, 6) is 2.11. The van der Waals surface area contributed by atoms with Gasteiger partial charge in [0, 0.05) is 18.2 Å². The average molecular weight is 384 g/mol. The van der Waals surface area contributed by atoms with Crippen molar-refractivity contribution in [1.82, 2.24) is 19.6 Å². The first-order valence-electron chi connectivity index (χ1n) is 9.61. The van der Waals surface area contributed by atoms with Gasteiger partial charge in [-0.3, -0.25) is 4.79 Å². The molecule has 0 aliphatic heterocycles. The van der Waals surface area contributed by atoms with Gasteiger partial charge in [0.1, 0.15) is 5.75 Å². The fourth-order valence-corrected chi connectivity index (χ4v) is 3.91. The second-order valence-corrected chi connectivity index (χ2v) is 7.45. The Bertz CT molecular complexity index is 1230. The van der Waals surface area contributed by atoms with Crippen molar-refractivity contribution in [2.45, 2.75) is 25.7 Å². The molecule has 5 rings (SSSR count). The number of ketones is 1. The number of carbonyl (C=O) groups excluding carboxylic acids is 1. The van der Waals surface area contributed by atoms with Crippen molar-refractivity contribution < 1.29 is 9.53 Å². The van der Waals surface area contributed by atoms with Gasteiger partial charge in [0.2, 0.25) is 0 Å². The lowest BCUT2D eigenvalue weighted by atomic mass is 9.82. The molecule has 0 radical (unpaired) electrons. The van der Waals surface area contributed by atoms with Crippen molar-refractivity contribution in [3.05, 3.63) is 77.1 Å². The maximum Gasteiger partial charge on any atom is 0.252 e. The Balaban J connectivity index is 1.52. The lowest BCUT2D eigenvalue weighted by Crippen LogP contribution is -2.21. The minimum absolute atomic E-state index is 0.105. The molecule has 2 aromatic carbocycles. The first kappa shape index (κ1) is 17.6. The average Bonchev–Trinajstić information content (AvgIpc) is 3.15. The zero-order valence-electron chi connectivity index (χ0n) is 16.3. The van der Waals surface area contributed by atoms with Crippen LogP contribution in [0, 0.1) is 6.92 Å². The molecule has 4 aromatic rings. The molecular formula is C23H20N4O2. The highest BCUT2D eigenvalue weighted by Crippen LogP contribution is 2.32. The van der Waals surface area contributed by atoms with E-state index in [4.69, 9.17) is 4.74 Å². The van der Waals surface area contributed by atoms with E-state index in [1.54, 1.807) is 17.8 Å². The van der Waals surface area contributed by atoms with Gasteiger partial charge in [-0.2, -0.15) is 4.98 Å². The number of aryl methyl sites for hydroxylation is 1. The van der Waals surface area contributed by atoms with E-state index in [0.29, 0.717) is 23.6 Å². The summed E-state index contributed by atoms with van der Waals surface area (Å²) < 4.78 is 6.80. The number of fused-ring (bicyclic) bond motifs is 2. The van der Waals surface area contributed by atoms with Crippen LogP contribution in [-0.4, -0.2) is 32.5 Å². The van der Waals surface area contributed by atoms with Gasteiger partial charge in [-0.05, 0) is 49.1 Å². The van der Waals surface area contributed by atoms with Crippen molar-refractivity contribution in [3.63, 3.8) is 0 Å². The summed E-state index contributed by atoms with van der Waals surface area (Å²) in [5, 5.41) is 4.52. The summed E-state index contributed by atoms with van der Waals surface area (Å²) in [7, 11) is 1.63. The number of aromatic nitrogens is 4. The van der Waals surface area contributed by atoms with Crippen molar-refractivity contribution in [3.8, 4) is 17.1 Å². The number of ether oxygens (including phenoxy) is 1. The largest absolute Gasteiger partial charge is 0.497 e. The molecule has 6 heteroatoms. The van der Waals surface area contributed by atoms with Crippen molar-refractivity contribution in [2.75, 3.05) is 7.11 Å². The molecule has 1 atom stereocenters. The third kappa shape index (κ3) is 3.16. The number of Topliss-reactive ketones (excluding diaryl/α,β-unsaturated/α-hetero) is 1. The zero-order valence-corrected chi connectivity index (χ0v) is 16.3. The second kappa shape index (κ2) is 6.81. The van der Waals surface area contributed by atoms with Gasteiger partial charge >= 0.3 is 0 Å². The molecule has 0 spiro atoms. The van der Waals surface area contributed by atoms with E-state index >= 15 is 0 Å². The van der Waals surface area contributed by atoms with Crippen LogP contribution < -0.4 is 4.74 Å². The molecule has 0 saturated heterocycles. The van der Waals surface area contributed by atoms with Crippen LogP contribution >= 0.6 is 0 Å². The topological polar surface area (TPSA) is 69.4 Å². The van der Waals surface area contributed by atoms with Gasteiger partial charge in [-0.1, -0.05) is 29.8 Å². The van der Waals surface area contributed by atoms with E-state index in [2.05, 4.69) is 40.2 Å². The fourth-order valence-electron chi connectivity index (χ4n) is 3.91. The maximum atomic E-state index is 12.8. The Labute approximate surface area is 168 Å². The number of rotatable bonds is 3. The van der Waals surface area contributed by atoms with Crippen molar-refractivity contribution >= 4 is 11.6 Å². The molecule has 1 aliphatic rings. The molecule has 0 bridgehead atoms. The standard InChI is InChI=1S/C23H20N4O2/c1-14-4-3-5-16(10-14)17-11-20-19(21(28)12-17)13-27-23(24-20)25-22(26-27)15-6-8-18(29-2)9-7-15/h3-10,13,17H,11-12H2,1-2H3/t17-/m1/s1. The van der Waals surface area contributed by atoms with Gasteiger partial charge in [0.05, 0.1) is 18.4 Å². The lowest BCUT2D eigenvalue weighted by molar-refractivity contribution is 0.0962. The highest BCUT2D eigenvalue weighted by Gasteiger charge is 2.28. The SMILES string of the molecule is COc1ccc(-c2nc3nc4c(cn3n2)C(=O)C[C@H](c2cccc(C)c2)C4)cc1. The first-order chi connectivity index (χ1) is 14.1. The Morgan fingerprint density at radius 3 is 2.66 bits per heavy atom. The molecule has 144 valence electrons. The van der Waals surface area contributed by atoms with E-state index in [0.717, 1.165) is 23.4 Å². The molecule has 6 nitrogen and oxygen atoms in total. The molecule has 0 fully saturated rings. The number of benzene rings is 2. The first-order valence-corrected chi connectivity index (χ1v) is 9.61. The summed E-state index contributed by atoms with van der Waals surface area (Å²) in [6.07, 6.45) is 2.99. The second-order valence-electron chi connectivity index (χ2n) is 7.45. The molecule has 2 aromatic heterocycles. The fraction of sp³-hybridized carbons (Fsp3) is 0.217. The summed E-state index contributed by atoms with van der Waals surface area (Å²) in [5.41, 5.74) is 4.71. The predicted molar refractivity (Wildman–Crippen MR) is 109 cm³/mol. The molecule has 0 saturated carbocycles. The highest BCUT2D eigenvalue weighted by molar-refractivity contribution is 5.98. The van der Waals surface area contributed by atoms with E-state index < -0.39 is 0 Å². The quantitative estimate of drug-likeness (QED) is 0.534. The zero-order chi connectivity index (χ0) is 20.0. The molecular weight excluding hydrogens is 364 g/mol. The van der Waals surface area contributed by atoms with Crippen LogP contribution in [0.25, 0.3) is 17.2 Å². The van der Waals surface area contributed by atoms with Crippen LogP contribution in [0.3, 0.4) is 0 Å². The van der Waals surface area contributed by atoms with Crippen LogP contribution in [0.15, 0.2) is 54.7 Å². The Morgan fingerprint density at radius 1 is 1.07 bits per heavy atom. The lowest BCUT2D eigenvalue weighted by Gasteiger charge is -2.23. The van der Waals surface area contributed by atoms with Crippen LogP contribution in [-0.2, 0) is 6.42 Å². The van der Waals surface area contributed by atoms with Gasteiger partial charge in [0.25, 0.3) is 5.78 Å². The molecule has 1 aliphatic carbocycles. The van der Waals surface area contributed by atoms with Gasteiger partial charge in [0.15, 0.2) is 11.6 Å². The third-order valence-corrected chi connectivity index (χ3v) is 5.44. The minimum Gasteiger partial charge on any atom is -0.497 e. The Morgan fingerprint density at radius 2 is 1.90 bits per heavy atom. The minimum atomic E-state index is 0.105. The Hall–Kier alpha value is -3.54.